The Balaban J connectivity index is 1.47. The van der Waals surface area contributed by atoms with Crippen molar-refractivity contribution in [2.45, 2.75) is 32.9 Å². The fraction of sp³-hybridized carbons (Fsp3) is 0.300. The van der Waals surface area contributed by atoms with Crippen LogP contribution in [0.5, 0.6) is 0 Å². The van der Waals surface area contributed by atoms with Crippen molar-refractivity contribution in [3.63, 3.8) is 0 Å². The summed E-state index contributed by atoms with van der Waals surface area (Å²) in [6.45, 7) is 4.36. The summed E-state index contributed by atoms with van der Waals surface area (Å²) in [4.78, 5) is 37.9. The van der Waals surface area contributed by atoms with E-state index in [1.807, 2.05) is 43.5 Å². The number of hydrogen-bond donors (Lipinski definition) is 2. The lowest BCUT2D eigenvalue weighted by molar-refractivity contribution is -0.122. The number of aromatic nitrogens is 4. The van der Waals surface area contributed by atoms with E-state index in [2.05, 4.69) is 20.3 Å². The Labute approximate surface area is 165 Å². The van der Waals surface area contributed by atoms with Crippen LogP contribution in [0.25, 0.3) is 21.3 Å². The Morgan fingerprint density at radius 1 is 1.29 bits per heavy atom. The Morgan fingerprint density at radius 3 is 2.89 bits per heavy atom. The molecule has 0 spiro atoms. The molecule has 3 heterocycles. The number of aryl methyl sites for hydroxylation is 1. The quantitative estimate of drug-likeness (QED) is 0.524. The predicted octanol–water partition coefficient (Wildman–Crippen LogP) is 3.24. The van der Waals surface area contributed by atoms with Crippen LogP contribution in [0, 0.1) is 5.92 Å². The molecular weight excluding hydrogens is 374 g/mol. The van der Waals surface area contributed by atoms with Gasteiger partial charge in [0.15, 0.2) is 0 Å². The Kier molecular flexibility index (Phi) is 4.95. The van der Waals surface area contributed by atoms with E-state index in [0.717, 1.165) is 21.7 Å². The second-order valence-corrected chi connectivity index (χ2v) is 7.96. The zero-order valence-corrected chi connectivity index (χ0v) is 16.5. The number of hydrogen-bond acceptors (Lipinski definition) is 5. The summed E-state index contributed by atoms with van der Waals surface area (Å²) in [5, 5.41) is 5.49. The van der Waals surface area contributed by atoms with Gasteiger partial charge in [0.2, 0.25) is 5.91 Å². The van der Waals surface area contributed by atoms with Gasteiger partial charge in [0.25, 0.3) is 5.56 Å². The number of rotatable bonds is 6. The molecule has 0 aliphatic heterocycles. The van der Waals surface area contributed by atoms with E-state index >= 15 is 0 Å². The van der Waals surface area contributed by atoms with Crippen LogP contribution in [0.1, 0.15) is 32.1 Å². The molecule has 8 heteroatoms. The molecule has 0 saturated heterocycles. The number of nitrogens with one attached hydrogen (secondary N) is 2. The average molecular weight is 395 g/mol. The van der Waals surface area contributed by atoms with Crippen molar-refractivity contribution in [1.29, 1.82) is 0 Å². The standard InChI is InChI=1S/C20H21N5O2S/c1-12(2)17(18-22-14-5-3-4-6-15(14)23-18)24-16(26)7-9-25-11-21-19-13(20(25)27)8-10-28-19/h3-6,8,10-12,17H,7,9H2,1-2H3,(H,22,23)(H,24,26). The van der Waals surface area contributed by atoms with Gasteiger partial charge in [-0.15, -0.1) is 11.3 Å². The van der Waals surface area contributed by atoms with Gasteiger partial charge in [0.05, 0.1) is 28.8 Å². The van der Waals surface area contributed by atoms with Crippen LogP contribution < -0.4 is 10.9 Å². The number of H-pyrrole nitrogens is 1. The number of para-hydroxylation sites is 2. The number of imidazole rings is 1. The van der Waals surface area contributed by atoms with E-state index in [9.17, 15) is 9.59 Å². The number of amides is 1. The van der Waals surface area contributed by atoms with Gasteiger partial charge >= 0.3 is 0 Å². The maximum absolute atomic E-state index is 12.6. The normalized spacial score (nSPS) is 12.7. The molecule has 1 atom stereocenters. The first kappa shape index (κ1) is 18.4. The highest BCUT2D eigenvalue weighted by Gasteiger charge is 2.21. The third-order valence-corrected chi connectivity index (χ3v) is 5.54. The minimum atomic E-state index is -0.228. The molecule has 1 aromatic carbocycles. The largest absolute Gasteiger partial charge is 0.346 e. The van der Waals surface area contributed by atoms with Crippen molar-refractivity contribution in [3.05, 3.63) is 58.2 Å². The second-order valence-electron chi connectivity index (χ2n) is 7.06. The maximum atomic E-state index is 12.6. The van der Waals surface area contributed by atoms with E-state index in [4.69, 9.17) is 0 Å². The highest BCUT2D eigenvalue weighted by Crippen LogP contribution is 2.22. The Hall–Kier alpha value is -3.00. The number of fused-ring (bicyclic) bond motifs is 2. The Bertz CT molecular complexity index is 1160. The number of carbonyl (C=O) groups excluding carboxylic acids is 1. The number of thiophene rings is 1. The highest BCUT2D eigenvalue weighted by molar-refractivity contribution is 7.16. The minimum Gasteiger partial charge on any atom is -0.346 e. The lowest BCUT2D eigenvalue weighted by Gasteiger charge is -2.20. The molecule has 4 aromatic rings. The summed E-state index contributed by atoms with van der Waals surface area (Å²) in [7, 11) is 0. The van der Waals surface area contributed by atoms with E-state index in [-0.39, 0.29) is 36.4 Å². The molecule has 144 valence electrons. The lowest BCUT2D eigenvalue weighted by Crippen LogP contribution is -2.33. The van der Waals surface area contributed by atoms with Crippen molar-refractivity contribution in [1.82, 2.24) is 24.8 Å². The van der Waals surface area contributed by atoms with E-state index in [1.54, 1.807) is 6.07 Å². The van der Waals surface area contributed by atoms with Crippen LogP contribution in [-0.2, 0) is 11.3 Å². The third-order valence-electron chi connectivity index (χ3n) is 4.72. The van der Waals surface area contributed by atoms with Crippen LogP contribution in [-0.4, -0.2) is 25.4 Å². The van der Waals surface area contributed by atoms with Crippen molar-refractivity contribution in [2.24, 2.45) is 5.92 Å². The molecule has 0 bridgehead atoms. The first-order chi connectivity index (χ1) is 13.5. The number of aromatic amines is 1. The number of carbonyl (C=O) groups is 1. The van der Waals surface area contributed by atoms with Crippen molar-refractivity contribution in [2.75, 3.05) is 0 Å². The summed E-state index contributed by atoms with van der Waals surface area (Å²) < 4.78 is 1.49. The molecule has 0 aliphatic carbocycles. The fourth-order valence-corrected chi connectivity index (χ4v) is 3.91. The van der Waals surface area contributed by atoms with Gasteiger partial charge in [-0.2, -0.15) is 0 Å². The molecule has 28 heavy (non-hydrogen) atoms. The zero-order valence-electron chi connectivity index (χ0n) is 15.7. The van der Waals surface area contributed by atoms with Gasteiger partial charge in [0.1, 0.15) is 10.7 Å². The molecule has 3 aromatic heterocycles. The molecule has 4 rings (SSSR count). The monoisotopic (exact) mass is 395 g/mol. The second kappa shape index (κ2) is 7.55. The minimum absolute atomic E-state index is 0.114. The zero-order chi connectivity index (χ0) is 19.7. The van der Waals surface area contributed by atoms with Gasteiger partial charge in [-0.1, -0.05) is 26.0 Å². The number of nitrogens with zero attached hydrogens (tertiary/aromatic N) is 3. The van der Waals surface area contributed by atoms with Crippen molar-refractivity contribution < 1.29 is 4.79 Å². The van der Waals surface area contributed by atoms with Gasteiger partial charge in [-0.3, -0.25) is 14.2 Å². The average Bonchev–Trinajstić information content (AvgIpc) is 3.32. The summed E-state index contributed by atoms with van der Waals surface area (Å²) in [6, 6.07) is 9.33. The topological polar surface area (TPSA) is 92.7 Å². The first-order valence-electron chi connectivity index (χ1n) is 9.19. The number of benzene rings is 1. The molecule has 0 aliphatic rings. The molecule has 0 fully saturated rings. The van der Waals surface area contributed by atoms with Gasteiger partial charge in [0, 0.05) is 13.0 Å². The van der Waals surface area contributed by atoms with Crippen molar-refractivity contribution >= 4 is 38.5 Å². The predicted molar refractivity (Wildman–Crippen MR) is 110 cm³/mol. The van der Waals surface area contributed by atoms with Gasteiger partial charge in [-0.25, -0.2) is 9.97 Å². The molecule has 1 unspecified atom stereocenters. The van der Waals surface area contributed by atoms with E-state index < -0.39 is 0 Å². The summed E-state index contributed by atoms with van der Waals surface area (Å²) >= 11 is 1.43. The summed E-state index contributed by atoms with van der Waals surface area (Å²) in [5.74, 6) is 0.774. The van der Waals surface area contributed by atoms with E-state index in [0.29, 0.717) is 5.39 Å². The molecule has 7 nitrogen and oxygen atoms in total. The van der Waals surface area contributed by atoms with Crippen LogP contribution in [0.2, 0.25) is 0 Å². The molecule has 0 radical (unpaired) electrons. The maximum Gasteiger partial charge on any atom is 0.262 e. The first-order valence-corrected chi connectivity index (χ1v) is 10.1. The smallest absolute Gasteiger partial charge is 0.262 e. The van der Waals surface area contributed by atoms with Gasteiger partial charge in [-0.05, 0) is 29.5 Å². The van der Waals surface area contributed by atoms with Crippen LogP contribution in [0.4, 0.5) is 0 Å². The van der Waals surface area contributed by atoms with Crippen LogP contribution in [0.15, 0.2) is 46.8 Å². The Morgan fingerprint density at radius 2 is 2.11 bits per heavy atom. The molecule has 0 saturated carbocycles. The molecular formula is C20H21N5O2S. The van der Waals surface area contributed by atoms with Gasteiger partial charge < -0.3 is 10.3 Å². The lowest BCUT2D eigenvalue weighted by atomic mass is 10.0. The molecule has 2 N–H and O–H groups in total. The van der Waals surface area contributed by atoms with Crippen molar-refractivity contribution in [3.8, 4) is 0 Å². The SMILES string of the molecule is CC(C)C(NC(=O)CCn1cnc2sccc2c1=O)c1nc2ccccc2[nH]1. The van der Waals surface area contributed by atoms with Crippen LogP contribution in [0.3, 0.4) is 0 Å². The fourth-order valence-electron chi connectivity index (χ4n) is 3.19. The van der Waals surface area contributed by atoms with E-state index in [1.165, 1.54) is 22.2 Å². The van der Waals surface area contributed by atoms with Crippen LogP contribution >= 0.6 is 11.3 Å². The third kappa shape index (κ3) is 3.55. The summed E-state index contributed by atoms with van der Waals surface area (Å²) in [5.41, 5.74) is 1.70. The summed E-state index contributed by atoms with van der Waals surface area (Å²) in [6.07, 6.45) is 1.70. The molecule has 1 amide bonds. The highest BCUT2D eigenvalue weighted by atomic mass is 32.1.